The number of thiocarbonyl (C=S) groups is 1. The first kappa shape index (κ1) is 34.6. The molecule has 0 unspecified atom stereocenters. The van der Waals surface area contributed by atoms with Gasteiger partial charge in [0.15, 0.2) is 11.7 Å². The van der Waals surface area contributed by atoms with Crippen molar-refractivity contribution in [2.24, 2.45) is 5.10 Å². The van der Waals surface area contributed by atoms with Crippen molar-refractivity contribution < 1.29 is 28.7 Å². The number of hydrazone groups is 1. The van der Waals surface area contributed by atoms with E-state index in [1.807, 2.05) is 0 Å². The van der Waals surface area contributed by atoms with Gasteiger partial charge < -0.3 is 24.8 Å². The van der Waals surface area contributed by atoms with E-state index in [-0.39, 0.29) is 29.1 Å². The lowest BCUT2D eigenvalue weighted by molar-refractivity contribution is -0.386. The van der Waals surface area contributed by atoms with E-state index < -0.39 is 29.4 Å². The minimum atomic E-state index is -0.686. The summed E-state index contributed by atoms with van der Waals surface area (Å²) in [5, 5.41) is 22.8. The van der Waals surface area contributed by atoms with E-state index in [1.165, 1.54) is 12.3 Å². The van der Waals surface area contributed by atoms with Crippen LogP contribution in [0.3, 0.4) is 0 Å². The van der Waals surface area contributed by atoms with E-state index in [0.717, 1.165) is 0 Å². The average molecular weight is 751 g/mol. The van der Waals surface area contributed by atoms with Gasteiger partial charge in [-0.15, -0.1) is 0 Å². The van der Waals surface area contributed by atoms with Gasteiger partial charge in [0.05, 0.1) is 33.8 Å². The van der Waals surface area contributed by atoms with Crippen LogP contribution in [0.15, 0.2) is 75.4 Å². The van der Waals surface area contributed by atoms with E-state index in [2.05, 4.69) is 37.1 Å². The van der Waals surface area contributed by atoms with Crippen LogP contribution in [0.1, 0.15) is 36.6 Å². The number of nitro groups is 1. The molecule has 3 aromatic carbocycles. The summed E-state index contributed by atoms with van der Waals surface area (Å²) in [5.74, 6) is -0.810. The number of nitrogens with one attached hydrogen (secondary N) is 3. The molecular weight excluding hydrogens is 725 g/mol. The smallest absolute Gasteiger partial charge is 0.338 e. The lowest BCUT2D eigenvalue weighted by atomic mass is 9.95. The quantitative estimate of drug-likeness (QED) is 0.0648. The monoisotopic (exact) mass is 749 g/mol. The van der Waals surface area contributed by atoms with Gasteiger partial charge in [-0.05, 0) is 66.3 Å². The standard InChI is InChI=1S/C30H26BrCl2N5O7S/c1-3-43-29(40)26-16(2)35-30(46)36-27(26)20-6-4-5-7-24(20)44-15-25(39)37-34-13-17-10-21(31)28(23(11-17)38(41)42)45-14-18-8-9-19(32)12-22(18)33/h4-13,27H,3,14-15H2,1-2H3,(H,37,39)(H2,35,36,46)/t27-/m0/s1. The maximum Gasteiger partial charge on any atom is 0.338 e. The van der Waals surface area contributed by atoms with Crippen LogP contribution in [0.2, 0.25) is 10.0 Å². The largest absolute Gasteiger partial charge is 0.483 e. The number of carbonyl (C=O) groups excluding carboxylic acids is 2. The summed E-state index contributed by atoms with van der Waals surface area (Å²) in [5.41, 5.74) is 4.32. The van der Waals surface area contributed by atoms with E-state index in [1.54, 1.807) is 62.4 Å². The fraction of sp³-hybridized carbons (Fsp3) is 0.200. The number of nitrogens with zero attached hydrogens (tertiary/aromatic N) is 2. The molecule has 0 saturated heterocycles. The zero-order valence-corrected chi connectivity index (χ0v) is 28.2. The van der Waals surface area contributed by atoms with E-state index >= 15 is 0 Å². The van der Waals surface area contributed by atoms with Crippen molar-refractivity contribution in [2.75, 3.05) is 13.2 Å². The molecule has 1 heterocycles. The molecule has 4 rings (SSSR count). The van der Waals surface area contributed by atoms with Crippen molar-refractivity contribution in [2.45, 2.75) is 26.5 Å². The molecule has 3 N–H and O–H groups in total. The van der Waals surface area contributed by atoms with Crippen LogP contribution in [0.25, 0.3) is 0 Å². The van der Waals surface area contributed by atoms with Crippen LogP contribution in [0, 0.1) is 10.1 Å². The number of benzene rings is 3. The maximum atomic E-state index is 12.7. The molecule has 0 fully saturated rings. The lowest BCUT2D eigenvalue weighted by Crippen LogP contribution is -2.45. The molecule has 1 atom stereocenters. The second-order valence-electron chi connectivity index (χ2n) is 9.54. The van der Waals surface area contributed by atoms with Crippen LogP contribution < -0.4 is 25.5 Å². The second kappa shape index (κ2) is 15.9. The van der Waals surface area contributed by atoms with Crippen molar-refractivity contribution in [3.05, 3.63) is 107 Å². The normalized spacial score (nSPS) is 14.4. The van der Waals surface area contributed by atoms with Gasteiger partial charge in [0, 0.05) is 38.5 Å². The van der Waals surface area contributed by atoms with Gasteiger partial charge in [0.2, 0.25) is 5.75 Å². The fourth-order valence-electron chi connectivity index (χ4n) is 4.35. The predicted octanol–water partition coefficient (Wildman–Crippen LogP) is 6.13. The molecule has 0 aromatic heterocycles. The number of para-hydroxylation sites is 1. The highest BCUT2D eigenvalue weighted by Crippen LogP contribution is 2.37. The van der Waals surface area contributed by atoms with Gasteiger partial charge in [0.25, 0.3) is 5.91 Å². The Morgan fingerprint density at radius 3 is 2.65 bits per heavy atom. The second-order valence-corrected chi connectivity index (χ2v) is 11.6. The van der Waals surface area contributed by atoms with Crippen molar-refractivity contribution in [1.29, 1.82) is 0 Å². The van der Waals surface area contributed by atoms with E-state index in [9.17, 15) is 19.7 Å². The first-order valence-corrected chi connectivity index (χ1v) is 15.5. The molecule has 0 saturated carbocycles. The van der Waals surface area contributed by atoms with Crippen molar-refractivity contribution in [1.82, 2.24) is 16.1 Å². The molecule has 1 aliphatic rings. The molecule has 0 radical (unpaired) electrons. The van der Waals surface area contributed by atoms with Crippen LogP contribution in [-0.2, 0) is 20.9 Å². The van der Waals surface area contributed by atoms with Crippen LogP contribution in [0.4, 0.5) is 5.69 Å². The predicted molar refractivity (Wildman–Crippen MR) is 180 cm³/mol. The van der Waals surface area contributed by atoms with Crippen molar-refractivity contribution in [3.8, 4) is 11.5 Å². The minimum absolute atomic E-state index is 0.00980. The van der Waals surface area contributed by atoms with E-state index in [0.29, 0.717) is 48.9 Å². The summed E-state index contributed by atoms with van der Waals surface area (Å²) < 4.78 is 17.0. The molecule has 0 aliphatic carbocycles. The number of nitro benzene ring substituents is 1. The Morgan fingerprint density at radius 2 is 1.93 bits per heavy atom. The van der Waals surface area contributed by atoms with Gasteiger partial charge in [-0.3, -0.25) is 14.9 Å². The molecule has 240 valence electrons. The Morgan fingerprint density at radius 1 is 1.17 bits per heavy atom. The third-order valence-electron chi connectivity index (χ3n) is 6.39. The van der Waals surface area contributed by atoms with Gasteiger partial charge in [0.1, 0.15) is 12.4 Å². The number of ether oxygens (including phenoxy) is 3. The third-order valence-corrected chi connectivity index (χ3v) is 7.78. The Hall–Kier alpha value is -4.24. The number of rotatable bonds is 12. The highest BCUT2D eigenvalue weighted by atomic mass is 79.9. The topological polar surface area (TPSA) is 153 Å². The number of carbonyl (C=O) groups is 2. The highest BCUT2D eigenvalue weighted by molar-refractivity contribution is 9.10. The molecule has 3 aromatic rings. The van der Waals surface area contributed by atoms with Gasteiger partial charge in [-0.1, -0.05) is 47.5 Å². The molecule has 46 heavy (non-hydrogen) atoms. The zero-order valence-electron chi connectivity index (χ0n) is 24.3. The van der Waals surface area contributed by atoms with Crippen LogP contribution >= 0.6 is 51.3 Å². The van der Waals surface area contributed by atoms with E-state index in [4.69, 9.17) is 49.6 Å². The summed E-state index contributed by atoms with van der Waals surface area (Å²) in [6, 6.07) is 13.8. The molecule has 1 aliphatic heterocycles. The zero-order chi connectivity index (χ0) is 33.4. The number of esters is 1. The number of hydrogen-bond donors (Lipinski definition) is 3. The molecule has 1 amide bonds. The van der Waals surface area contributed by atoms with Crippen LogP contribution in [0.5, 0.6) is 11.5 Å². The van der Waals surface area contributed by atoms with Gasteiger partial charge >= 0.3 is 11.7 Å². The number of amides is 1. The minimum Gasteiger partial charge on any atom is -0.483 e. The molecule has 16 heteroatoms. The highest BCUT2D eigenvalue weighted by Gasteiger charge is 2.32. The number of allylic oxidation sites excluding steroid dienone is 1. The third kappa shape index (κ3) is 8.72. The summed E-state index contributed by atoms with van der Waals surface area (Å²) in [6.07, 6.45) is 1.24. The maximum absolute atomic E-state index is 12.7. The SMILES string of the molecule is CCOC(=O)C1=C(C)NC(=S)N[C@H]1c1ccccc1OCC(=O)NN=Cc1cc(Br)c(OCc2ccc(Cl)cc2Cl)c([N+](=O)[O-])c1. The summed E-state index contributed by atoms with van der Waals surface area (Å²) in [6.45, 7) is 3.15. The molecule has 0 spiro atoms. The fourth-order valence-corrected chi connectivity index (χ4v) is 5.67. The van der Waals surface area contributed by atoms with Gasteiger partial charge in [-0.25, -0.2) is 10.2 Å². The Labute approximate surface area is 287 Å². The first-order chi connectivity index (χ1) is 22.0. The van der Waals surface area contributed by atoms with Crippen molar-refractivity contribution in [3.63, 3.8) is 0 Å². The summed E-state index contributed by atoms with van der Waals surface area (Å²) >= 11 is 20.7. The molecule has 12 nitrogen and oxygen atoms in total. The Kier molecular flexibility index (Phi) is 11.9. The molecular formula is C30H26BrCl2N5O7S. The first-order valence-electron chi connectivity index (χ1n) is 13.5. The average Bonchev–Trinajstić information content (AvgIpc) is 3.00. The van der Waals surface area contributed by atoms with Crippen LogP contribution in [-0.4, -0.2) is 41.3 Å². The lowest BCUT2D eigenvalue weighted by Gasteiger charge is -2.30. The Balaban J connectivity index is 1.42. The Bertz CT molecular complexity index is 1750. The number of hydrogen-bond acceptors (Lipinski definition) is 9. The summed E-state index contributed by atoms with van der Waals surface area (Å²) in [4.78, 5) is 36.5. The van der Waals surface area contributed by atoms with Gasteiger partial charge in [-0.2, -0.15) is 5.10 Å². The molecule has 0 bridgehead atoms. The number of halogens is 3. The summed E-state index contributed by atoms with van der Waals surface area (Å²) in [7, 11) is 0. The van der Waals surface area contributed by atoms with Crippen molar-refractivity contribution >= 4 is 80.2 Å².